The lowest BCUT2D eigenvalue weighted by Crippen LogP contribution is -1.89. The molecule has 1 aliphatic rings. The van der Waals surface area contributed by atoms with Crippen molar-refractivity contribution < 1.29 is 0 Å². The van der Waals surface area contributed by atoms with Crippen LogP contribution in [0.15, 0.2) is 88.0 Å². The van der Waals surface area contributed by atoms with Crippen molar-refractivity contribution in [1.82, 2.24) is 0 Å². The van der Waals surface area contributed by atoms with Crippen molar-refractivity contribution >= 4 is 29.2 Å². The number of para-hydroxylation sites is 2. The number of nitrogens with zero attached hydrogens (tertiary/aromatic N) is 1. The molecule has 2 aromatic rings. The first kappa shape index (κ1) is 14.6. The zero-order valence-corrected chi connectivity index (χ0v) is 12.9. The molecule has 1 aliphatic carbocycles. The van der Waals surface area contributed by atoms with Crippen molar-refractivity contribution in [3.8, 4) is 0 Å². The zero-order valence-electron chi connectivity index (χ0n) is 12.2. The van der Waals surface area contributed by atoms with Gasteiger partial charge in [-0.3, -0.25) is 4.99 Å². The van der Waals surface area contributed by atoms with Crippen molar-refractivity contribution in [2.75, 3.05) is 5.32 Å². The molecule has 0 heterocycles. The fourth-order valence-electron chi connectivity index (χ4n) is 2.32. The average Bonchev–Trinajstić information content (AvgIpc) is 2.93. The number of aliphatic imine (C=N–C) groups is 1. The second-order valence-electron chi connectivity index (χ2n) is 5.11. The fourth-order valence-corrected chi connectivity index (χ4v) is 2.62. The van der Waals surface area contributed by atoms with Gasteiger partial charge in [0.2, 0.25) is 0 Å². The van der Waals surface area contributed by atoms with E-state index in [9.17, 15) is 0 Å². The van der Waals surface area contributed by atoms with Crippen LogP contribution in [0.4, 0.5) is 11.4 Å². The van der Waals surface area contributed by atoms with E-state index in [4.69, 9.17) is 11.6 Å². The van der Waals surface area contributed by atoms with Crippen molar-refractivity contribution in [3.63, 3.8) is 0 Å². The Morgan fingerprint density at radius 2 is 1.59 bits per heavy atom. The molecule has 2 nitrogen and oxygen atoms in total. The maximum atomic E-state index is 6.46. The van der Waals surface area contributed by atoms with Crippen LogP contribution in [-0.4, -0.2) is 6.21 Å². The molecule has 2 aromatic carbocycles. The van der Waals surface area contributed by atoms with E-state index in [-0.39, 0.29) is 0 Å². The minimum Gasteiger partial charge on any atom is -0.361 e. The van der Waals surface area contributed by atoms with Gasteiger partial charge < -0.3 is 5.32 Å². The molecular formula is C19H17ClN2. The molecule has 3 heteroatoms. The molecular weight excluding hydrogens is 292 g/mol. The molecule has 0 saturated carbocycles. The second kappa shape index (κ2) is 7.10. The predicted molar refractivity (Wildman–Crippen MR) is 94.9 cm³/mol. The maximum Gasteiger partial charge on any atom is 0.0629 e. The molecule has 0 aliphatic heterocycles. The van der Waals surface area contributed by atoms with Crippen LogP contribution < -0.4 is 5.32 Å². The van der Waals surface area contributed by atoms with Gasteiger partial charge in [-0.15, -0.1) is 0 Å². The Kier molecular flexibility index (Phi) is 4.71. The van der Waals surface area contributed by atoms with Gasteiger partial charge in [0.05, 0.1) is 5.69 Å². The summed E-state index contributed by atoms with van der Waals surface area (Å²) in [4.78, 5) is 4.48. The number of nitrogens with one attached hydrogen (secondary N) is 1. The summed E-state index contributed by atoms with van der Waals surface area (Å²) in [6, 6.07) is 20.0. The highest BCUT2D eigenvalue weighted by atomic mass is 35.5. The number of anilines is 1. The average molecular weight is 309 g/mol. The van der Waals surface area contributed by atoms with E-state index in [0.29, 0.717) is 0 Å². The Labute approximate surface area is 135 Å². The van der Waals surface area contributed by atoms with Gasteiger partial charge in [0.25, 0.3) is 0 Å². The number of allylic oxidation sites excluding steroid dienone is 3. The normalized spacial score (nSPS) is 16.7. The molecule has 0 radical (unpaired) electrons. The fraction of sp³-hybridized carbons (Fsp3) is 0.105. The molecule has 0 spiro atoms. The van der Waals surface area contributed by atoms with Gasteiger partial charge in [0, 0.05) is 23.1 Å². The highest BCUT2D eigenvalue weighted by Crippen LogP contribution is 2.33. The van der Waals surface area contributed by atoms with E-state index in [2.05, 4.69) is 10.3 Å². The molecule has 0 saturated heterocycles. The van der Waals surface area contributed by atoms with Gasteiger partial charge in [0.15, 0.2) is 0 Å². The summed E-state index contributed by atoms with van der Waals surface area (Å²) in [5, 5.41) is 4.09. The Bertz CT molecular complexity index is 716. The van der Waals surface area contributed by atoms with E-state index in [1.807, 2.05) is 73.1 Å². The number of hydrogen-bond acceptors (Lipinski definition) is 2. The lowest BCUT2D eigenvalue weighted by Gasteiger charge is -2.02. The van der Waals surface area contributed by atoms with Crippen molar-refractivity contribution in [3.05, 3.63) is 83.0 Å². The van der Waals surface area contributed by atoms with E-state index in [0.717, 1.165) is 40.4 Å². The molecule has 0 fully saturated rings. The van der Waals surface area contributed by atoms with Crippen LogP contribution in [0.2, 0.25) is 0 Å². The van der Waals surface area contributed by atoms with Crippen LogP contribution in [0.25, 0.3) is 0 Å². The van der Waals surface area contributed by atoms with Crippen LogP contribution >= 0.6 is 11.6 Å². The lowest BCUT2D eigenvalue weighted by atomic mass is 10.2. The number of rotatable bonds is 4. The molecule has 0 unspecified atom stereocenters. The van der Waals surface area contributed by atoms with E-state index < -0.39 is 0 Å². The summed E-state index contributed by atoms with van der Waals surface area (Å²) < 4.78 is 0. The zero-order chi connectivity index (χ0) is 15.2. The molecule has 0 atom stereocenters. The molecule has 0 aromatic heterocycles. The summed E-state index contributed by atoms with van der Waals surface area (Å²) in [5.74, 6) is 0. The van der Waals surface area contributed by atoms with Gasteiger partial charge in [-0.05, 0) is 48.3 Å². The van der Waals surface area contributed by atoms with Gasteiger partial charge >= 0.3 is 0 Å². The largest absolute Gasteiger partial charge is 0.361 e. The minimum absolute atomic E-state index is 0.808. The summed E-state index contributed by atoms with van der Waals surface area (Å²) in [6.07, 6.45) is 5.73. The third-order valence-electron chi connectivity index (χ3n) is 3.54. The van der Waals surface area contributed by atoms with E-state index in [1.54, 1.807) is 0 Å². The summed E-state index contributed by atoms with van der Waals surface area (Å²) in [5.41, 5.74) is 4.22. The molecule has 110 valence electrons. The quantitative estimate of drug-likeness (QED) is 0.723. The SMILES string of the molecule is ClC1=C(/C=N\c2ccccc2)CC/C1=C\Nc1ccccc1. The first-order valence-electron chi connectivity index (χ1n) is 7.32. The van der Waals surface area contributed by atoms with E-state index >= 15 is 0 Å². The number of hydrogen-bond donors (Lipinski definition) is 1. The van der Waals surface area contributed by atoms with Crippen molar-refractivity contribution in [1.29, 1.82) is 0 Å². The maximum absolute atomic E-state index is 6.46. The Morgan fingerprint density at radius 1 is 0.909 bits per heavy atom. The number of benzene rings is 2. The van der Waals surface area contributed by atoms with Gasteiger partial charge in [0.1, 0.15) is 0 Å². The highest BCUT2D eigenvalue weighted by Gasteiger charge is 2.16. The smallest absolute Gasteiger partial charge is 0.0629 e. The molecule has 0 amide bonds. The third kappa shape index (κ3) is 3.66. The molecule has 3 rings (SSSR count). The molecule has 1 N–H and O–H groups in total. The first-order valence-corrected chi connectivity index (χ1v) is 7.69. The van der Waals surface area contributed by atoms with Crippen molar-refractivity contribution in [2.45, 2.75) is 12.8 Å². The van der Waals surface area contributed by atoms with E-state index in [1.165, 1.54) is 0 Å². The van der Waals surface area contributed by atoms with Crippen LogP contribution in [-0.2, 0) is 0 Å². The van der Waals surface area contributed by atoms with Crippen LogP contribution in [0.5, 0.6) is 0 Å². The van der Waals surface area contributed by atoms with Gasteiger partial charge in [-0.2, -0.15) is 0 Å². The first-order chi connectivity index (χ1) is 10.8. The Hall–Kier alpha value is -2.32. The Morgan fingerprint density at radius 3 is 2.32 bits per heavy atom. The second-order valence-corrected chi connectivity index (χ2v) is 5.49. The summed E-state index contributed by atoms with van der Waals surface area (Å²) >= 11 is 6.46. The summed E-state index contributed by atoms with van der Waals surface area (Å²) in [6.45, 7) is 0. The highest BCUT2D eigenvalue weighted by molar-refractivity contribution is 6.34. The topological polar surface area (TPSA) is 24.4 Å². The molecule has 22 heavy (non-hydrogen) atoms. The minimum atomic E-state index is 0.808. The monoisotopic (exact) mass is 308 g/mol. The van der Waals surface area contributed by atoms with Gasteiger partial charge in [-0.1, -0.05) is 48.0 Å². The predicted octanol–water partition coefficient (Wildman–Crippen LogP) is 5.67. The van der Waals surface area contributed by atoms with Crippen LogP contribution in [0.3, 0.4) is 0 Å². The van der Waals surface area contributed by atoms with Gasteiger partial charge in [-0.25, -0.2) is 0 Å². The van der Waals surface area contributed by atoms with Crippen molar-refractivity contribution in [2.24, 2.45) is 4.99 Å². The van der Waals surface area contributed by atoms with Crippen LogP contribution in [0.1, 0.15) is 12.8 Å². The standard InChI is InChI=1S/C19H17ClN2/c20-19-15(13-21-17-7-3-1-4-8-17)11-12-16(19)14-22-18-9-5-2-6-10-18/h1-10,13-14,21H,11-12H2/b15-13+,22-14-. The Balaban J connectivity index is 1.71. The lowest BCUT2D eigenvalue weighted by molar-refractivity contribution is 1.04. The number of halogens is 1. The molecule has 0 bridgehead atoms. The third-order valence-corrected chi connectivity index (χ3v) is 4.03. The summed E-state index contributed by atoms with van der Waals surface area (Å²) in [7, 11) is 0. The van der Waals surface area contributed by atoms with Crippen LogP contribution in [0, 0.1) is 0 Å².